The molecule has 20 heavy (non-hydrogen) atoms. The number of aliphatic hydroxyl groups excluding tert-OH is 1. The van der Waals surface area contributed by atoms with E-state index >= 15 is 0 Å². The zero-order chi connectivity index (χ0) is 13.5. The van der Waals surface area contributed by atoms with Crippen molar-refractivity contribution in [2.45, 2.75) is 22.1 Å². The van der Waals surface area contributed by atoms with Gasteiger partial charge in [0.15, 0.2) is 4.34 Å². The Hall–Kier alpha value is -1.36. The monoisotopic (exact) mass is 299 g/mol. The second-order valence-corrected chi connectivity index (χ2v) is 7.38. The van der Waals surface area contributed by atoms with Gasteiger partial charge < -0.3 is 5.11 Å². The van der Waals surface area contributed by atoms with Crippen molar-refractivity contribution in [3.63, 3.8) is 0 Å². The summed E-state index contributed by atoms with van der Waals surface area (Å²) < 4.78 is 2.24. The summed E-state index contributed by atoms with van der Waals surface area (Å²) in [6.45, 7) is 0. The number of aromatic nitrogens is 1. The first kappa shape index (κ1) is 12.4. The van der Waals surface area contributed by atoms with Gasteiger partial charge in [-0.3, -0.25) is 0 Å². The second kappa shape index (κ2) is 4.88. The van der Waals surface area contributed by atoms with E-state index in [9.17, 15) is 5.11 Å². The molecular weight excluding hydrogens is 286 g/mol. The number of thiazole rings is 1. The fourth-order valence-electron chi connectivity index (χ4n) is 2.69. The summed E-state index contributed by atoms with van der Waals surface area (Å²) in [5, 5.41) is 10.4. The molecule has 1 aromatic heterocycles. The lowest BCUT2D eigenvalue weighted by Gasteiger charge is -2.13. The van der Waals surface area contributed by atoms with E-state index in [0.717, 1.165) is 16.3 Å². The number of aliphatic hydroxyl groups is 1. The standard InChI is InChI=1S/C16H13NOS2/c18-13-9-10-5-1-2-6-11(10)15(13)20-16-17-12-7-3-4-8-14(12)19-16/h1-8,13,15,18H,9H2/t13-,15-/m1/s1. The number of hydrogen-bond acceptors (Lipinski definition) is 4. The van der Waals surface area contributed by atoms with Crippen LogP contribution < -0.4 is 0 Å². The van der Waals surface area contributed by atoms with E-state index < -0.39 is 0 Å². The number of thioether (sulfide) groups is 1. The largest absolute Gasteiger partial charge is 0.391 e. The molecule has 0 radical (unpaired) electrons. The first-order chi connectivity index (χ1) is 9.81. The van der Waals surface area contributed by atoms with E-state index in [1.807, 2.05) is 30.3 Å². The number of benzene rings is 2. The van der Waals surface area contributed by atoms with E-state index in [2.05, 4.69) is 23.2 Å². The third kappa shape index (κ3) is 2.04. The van der Waals surface area contributed by atoms with Crippen LogP contribution in [0.1, 0.15) is 16.4 Å². The third-order valence-electron chi connectivity index (χ3n) is 3.64. The molecule has 1 aliphatic rings. The van der Waals surface area contributed by atoms with Crippen LogP contribution in [0.3, 0.4) is 0 Å². The molecule has 2 atom stereocenters. The van der Waals surface area contributed by atoms with Gasteiger partial charge in [0.05, 0.1) is 21.6 Å². The lowest BCUT2D eigenvalue weighted by molar-refractivity contribution is 0.184. The van der Waals surface area contributed by atoms with Crippen LogP contribution in [0, 0.1) is 0 Å². The smallest absolute Gasteiger partial charge is 0.151 e. The number of hydrogen-bond donors (Lipinski definition) is 1. The van der Waals surface area contributed by atoms with Gasteiger partial charge in [0.25, 0.3) is 0 Å². The molecule has 0 spiro atoms. The first-order valence-corrected chi connectivity index (χ1v) is 8.29. The maximum atomic E-state index is 10.3. The predicted molar refractivity (Wildman–Crippen MR) is 84.4 cm³/mol. The summed E-state index contributed by atoms with van der Waals surface area (Å²) in [4.78, 5) is 4.65. The molecule has 1 aliphatic carbocycles. The number of para-hydroxylation sites is 1. The van der Waals surface area contributed by atoms with Crippen molar-refractivity contribution in [3.05, 3.63) is 59.7 Å². The number of nitrogens with zero attached hydrogens (tertiary/aromatic N) is 1. The summed E-state index contributed by atoms with van der Waals surface area (Å²) in [5.41, 5.74) is 3.56. The normalized spacial score (nSPS) is 21.2. The summed E-state index contributed by atoms with van der Waals surface area (Å²) in [6.07, 6.45) is 0.433. The third-order valence-corrected chi connectivity index (χ3v) is 6.13. The molecule has 4 heteroatoms. The molecule has 0 saturated heterocycles. The topological polar surface area (TPSA) is 33.1 Å². The van der Waals surface area contributed by atoms with Gasteiger partial charge in [-0.15, -0.1) is 11.3 Å². The number of fused-ring (bicyclic) bond motifs is 2. The fraction of sp³-hybridized carbons (Fsp3) is 0.188. The van der Waals surface area contributed by atoms with Crippen molar-refractivity contribution in [1.29, 1.82) is 0 Å². The Bertz CT molecular complexity index is 735. The maximum Gasteiger partial charge on any atom is 0.151 e. The van der Waals surface area contributed by atoms with Crippen molar-refractivity contribution in [2.75, 3.05) is 0 Å². The Balaban J connectivity index is 1.68. The van der Waals surface area contributed by atoms with Crippen molar-refractivity contribution in [2.24, 2.45) is 0 Å². The molecule has 1 heterocycles. The minimum Gasteiger partial charge on any atom is -0.391 e. The van der Waals surface area contributed by atoms with Crippen LogP contribution in [0.25, 0.3) is 10.2 Å². The molecule has 0 fully saturated rings. The van der Waals surface area contributed by atoms with Crippen LogP contribution in [0.4, 0.5) is 0 Å². The second-order valence-electron chi connectivity index (χ2n) is 4.96. The minimum absolute atomic E-state index is 0.103. The van der Waals surface area contributed by atoms with E-state index in [0.29, 0.717) is 0 Å². The quantitative estimate of drug-likeness (QED) is 0.775. The molecule has 0 bridgehead atoms. The van der Waals surface area contributed by atoms with Crippen molar-refractivity contribution in [3.8, 4) is 0 Å². The Labute approximate surface area is 125 Å². The SMILES string of the molecule is O[C@@H]1Cc2ccccc2[C@H]1Sc1nc2ccccc2s1. The van der Waals surface area contributed by atoms with Crippen LogP contribution in [0.5, 0.6) is 0 Å². The van der Waals surface area contributed by atoms with E-state index in [1.165, 1.54) is 15.8 Å². The Morgan fingerprint density at radius 3 is 2.80 bits per heavy atom. The lowest BCUT2D eigenvalue weighted by Crippen LogP contribution is -2.09. The van der Waals surface area contributed by atoms with E-state index in [-0.39, 0.29) is 11.4 Å². The van der Waals surface area contributed by atoms with Gasteiger partial charge in [0.2, 0.25) is 0 Å². The highest BCUT2D eigenvalue weighted by Gasteiger charge is 2.32. The summed E-state index contributed by atoms with van der Waals surface area (Å²) >= 11 is 3.39. The average Bonchev–Trinajstić information content (AvgIpc) is 3.00. The summed E-state index contributed by atoms with van der Waals surface area (Å²) in [5.74, 6) is 0. The highest BCUT2D eigenvalue weighted by Crippen LogP contribution is 2.46. The first-order valence-electron chi connectivity index (χ1n) is 6.59. The summed E-state index contributed by atoms with van der Waals surface area (Å²) in [7, 11) is 0. The van der Waals surface area contributed by atoms with Crippen LogP contribution in [-0.2, 0) is 6.42 Å². The predicted octanol–water partition coefficient (Wildman–Crippen LogP) is 4.05. The molecular formula is C16H13NOS2. The Morgan fingerprint density at radius 1 is 1.10 bits per heavy atom. The zero-order valence-electron chi connectivity index (χ0n) is 10.7. The molecule has 0 unspecified atom stereocenters. The average molecular weight is 299 g/mol. The summed E-state index contributed by atoms with van der Waals surface area (Å²) in [6, 6.07) is 16.5. The highest BCUT2D eigenvalue weighted by atomic mass is 32.2. The molecule has 4 rings (SSSR count). The van der Waals surface area contributed by atoms with Crippen LogP contribution in [0.2, 0.25) is 0 Å². The molecule has 1 N–H and O–H groups in total. The van der Waals surface area contributed by atoms with Gasteiger partial charge in [-0.05, 0) is 23.3 Å². The highest BCUT2D eigenvalue weighted by molar-refractivity contribution is 8.01. The molecule has 0 saturated carbocycles. The Morgan fingerprint density at radius 2 is 1.90 bits per heavy atom. The van der Waals surface area contributed by atoms with Crippen LogP contribution in [0.15, 0.2) is 52.9 Å². The van der Waals surface area contributed by atoms with E-state index in [1.54, 1.807) is 23.1 Å². The van der Waals surface area contributed by atoms with E-state index in [4.69, 9.17) is 0 Å². The lowest BCUT2D eigenvalue weighted by atomic mass is 10.1. The molecule has 2 nitrogen and oxygen atoms in total. The zero-order valence-corrected chi connectivity index (χ0v) is 12.3. The van der Waals surface area contributed by atoms with Gasteiger partial charge in [-0.25, -0.2) is 4.98 Å². The number of rotatable bonds is 2. The molecule has 0 amide bonds. The van der Waals surface area contributed by atoms with Gasteiger partial charge in [0.1, 0.15) is 0 Å². The van der Waals surface area contributed by atoms with Crippen LogP contribution in [-0.4, -0.2) is 16.2 Å². The maximum absolute atomic E-state index is 10.3. The van der Waals surface area contributed by atoms with Gasteiger partial charge in [-0.1, -0.05) is 48.2 Å². The van der Waals surface area contributed by atoms with Gasteiger partial charge in [-0.2, -0.15) is 0 Å². The van der Waals surface area contributed by atoms with Crippen molar-refractivity contribution in [1.82, 2.24) is 4.98 Å². The van der Waals surface area contributed by atoms with Gasteiger partial charge in [0, 0.05) is 6.42 Å². The van der Waals surface area contributed by atoms with Crippen molar-refractivity contribution >= 4 is 33.3 Å². The molecule has 100 valence electrons. The van der Waals surface area contributed by atoms with Crippen molar-refractivity contribution < 1.29 is 5.11 Å². The van der Waals surface area contributed by atoms with Gasteiger partial charge >= 0.3 is 0 Å². The van der Waals surface area contributed by atoms with Crippen LogP contribution >= 0.6 is 23.1 Å². The Kier molecular flexibility index (Phi) is 3.02. The fourth-order valence-corrected chi connectivity index (χ4v) is 5.14. The molecule has 0 aliphatic heterocycles. The molecule has 3 aromatic rings. The molecule has 2 aromatic carbocycles. The minimum atomic E-state index is -0.315.